The molecule has 1 aromatic heterocycles. The summed E-state index contributed by atoms with van der Waals surface area (Å²) in [5.74, 6) is 0.714. The van der Waals surface area contributed by atoms with E-state index in [1.165, 1.54) is 160 Å². The van der Waals surface area contributed by atoms with Gasteiger partial charge in [0.15, 0.2) is 0 Å². The van der Waals surface area contributed by atoms with Crippen molar-refractivity contribution >= 4 is 0 Å². The number of unbranched alkanes of at least 4 members (excludes halogenated alkanes) is 19. The molecule has 222 valence electrons. The van der Waals surface area contributed by atoms with Gasteiger partial charge in [0.1, 0.15) is 18.4 Å². The Morgan fingerprint density at radius 1 is 0.564 bits per heavy atom. The molecule has 39 heavy (non-hydrogen) atoms. The van der Waals surface area contributed by atoms with Crippen molar-refractivity contribution in [1.29, 1.82) is 0 Å². The largest absolute Gasteiger partial charge is 0.250 e. The van der Waals surface area contributed by atoms with Crippen molar-refractivity contribution in [2.24, 2.45) is 5.92 Å². The molecule has 0 spiro atoms. The molecular formula is C37H65N2+. The molecule has 2 nitrogen and oxygen atoms in total. The van der Waals surface area contributed by atoms with Gasteiger partial charge in [-0.1, -0.05) is 173 Å². The second-order valence-corrected chi connectivity index (χ2v) is 12.4. The van der Waals surface area contributed by atoms with E-state index in [0.29, 0.717) is 12.0 Å². The smallest absolute Gasteiger partial charge is 0.241 e. The molecule has 0 radical (unpaired) electrons. The molecule has 0 aliphatic heterocycles. The topological polar surface area (TPSA) is 19.7 Å². The van der Waals surface area contributed by atoms with Crippen LogP contribution in [0.15, 0.2) is 49.1 Å². The molecule has 1 heterocycles. The SMILES string of the molecule is CCCCCCCCCCCCCCCCCC(Cc1ccccc1)C(CCCCCCCC)[n+]1cc[nH]c1. The molecule has 2 rings (SSSR count). The summed E-state index contributed by atoms with van der Waals surface area (Å²) in [6.45, 7) is 4.62. The maximum absolute atomic E-state index is 3.33. The van der Waals surface area contributed by atoms with Crippen molar-refractivity contribution in [3.63, 3.8) is 0 Å². The van der Waals surface area contributed by atoms with E-state index in [2.05, 4.69) is 72.5 Å². The normalized spacial score (nSPS) is 13.1. The number of aromatic amines is 1. The summed E-state index contributed by atoms with van der Waals surface area (Å²) >= 11 is 0. The van der Waals surface area contributed by atoms with Crippen LogP contribution in [-0.2, 0) is 6.42 Å². The molecule has 2 aromatic rings. The van der Waals surface area contributed by atoms with Crippen LogP contribution in [0, 0.1) is 5.92 Å². The first-order chi connectivity index (χ1) is 19.3. The van der Waals surface area contributed by atoms with E-state index in [1.807, 2.05) is 0 Å². The first kappa shape index (κ1) is 33.6. The number of nitrogens with zero attached hydrogens (tertiary/aromatic N) is 1. The maximum Gasteiger partial charge on any atom is 0.241 e. The van der Waals surface area contributed by atoms with E-state index in [-0.39, 0.29) is 0 Å². The van der Waals surface area contributed by atoms with E-state index in [4.69, 9.17) is 0 Å². The third kappa shape index (κ3) is 17.0. The maximum atomic E-state index is 3.33. The fraction of sp³-hybridized carbons (Fsp3) is 0.757. The number of nitrogens with one attached hydrogen (secondary N) is 1. The molecule has 0 bridgehead atoms. The van der Waals surface area contributed by atoms with Crippen molar-refractivity contribution in [3.8, 4) is 0 Å². The van der Waals surface area contributed by atoms with E-state index in [9.17, 15) is 0 Å². The lowest BCUT2D eigenvalue weighted by Gasteiger charge is -2.25. The van der Waals surface area contributed by atoms with Crippen LogP contribution in [0.25, 0.3) is 0 Å². The second-order valence-electron chi connectivity index (χ2n) is 12.4. The number of imidazole rings is 1. The highest BCUT2D eigenvalue weighted by atomic mass is 15.1. The van der Waals surface area contributed by atoms with Crippen molar-refractivity contribution < 1.29 is 4.57 Å². The lowest BCUT2D eigenvalue weighted by molar-refractivity contribution is -0.730. The third-order valence-corrected chi connectivity index (χ3v) is 8.87. The number of hydrogen-bond acceptors (Lipinski definition) is 0. The zero-order chi connectivity index (χ0) is 27.6. The molecule has 0 aliphatic rings. The predicted octanol–water partition coefficient (Wildman–Crippen LogP) is 11.7. The van der Waals surface area contributed by atoms with Gasteiger partial charge in [-0.3, -0.25) is 4.98 Å². The van der Waals surface area contributed by atoms with Gasteiger partial charge in [0, 0.05) is 5.92 Å². The summed E-state index contributed by atoms with van der Waals surface area (Å²) in [6, 6.07) is 11.9. The van der Waals surface area contributed by atoms with Gasteiger partial charge in [-0.15, -0.1) is 0 Å². The Bertz CT molecular complexity index is 738. The first-order valence-corrected chi connectivity index (χ1v) is 17.4. The molecule has 2 unspecified atom stereocenters. The summed E-state index contributed by atoms with van der Waals surface area (Å²) < 4.78 is 2.49. The van der Waals surface area contributed by atoms with E-state index < -0.39 is 0 Å². The van der Waals surface area contributed by atoms with Crippen LogP contribution in [0.5, 0.6) is 0 Å². The summed E-state index contributed by atoms with van der Waals surface area (Å²) in [6.07, 6.45) is 40.3. The standard InChI is InChI=1S/C37H64N2/c1-3-5-7-9-11-12-13-14-15-16-17-18-19-20-25-29-36(33-35-27-23-22-24-28-35)37(39-32-31-38-34-39)30-26-21-10-8-6-4-2/h22-24,27-28,31-32,34,36-37H,3-21,25-26,29-30,33H2,1-2H3/p+1. The minimum atomic E-state index is 0.606. The summed E-state index contributed by atoms with van der Waals surface area (Å²) in [5, 5.41) is 0. The molecule has 1 aromatic carbocycles. The third-order valence-electron chi connectivity index (χ3n) is 8.87. The van der Waals surface area contributed by atoms with Gasteiger partial charge < -0.3 is 0 Å². The van der Waals surface area contributed by atoms with E-state index in [0.717, 1.165) is 0 Å². The summed E-state index contributed by atoms with van der Waals surface area (Å²) in [4.78, 5) is 3.33. The Morgan fingerprint density at radius 3 is 1.49 bits per heavy atom. The highest BCUT2D eigenvalue weighted by Crippen LogP contribution is 2.29. The zero-order valence-electron chi connectivity index (χ0n) is 26.2. The molecule has 0 aliphatic carbocycles. The zero-order valence-corrected chi connectivity index (χ0v) is 26.2. The van der Waals surface area contributed by atoms with Gasteiger partial charge in [-0.25, -0.2) is 4.57 Å². The van der Waals surface area contributed by atoms with Crippen LogP contribution in [0.4, 0.5) is 0 Å². The number of benzene rings is 1. The van der Waals surface area contributed by atoms with Crippen LogP contribution >= 0.6 is 0 Å². The molecule has 0 fully saturated rings. The number of rotatable bonds is 27. The van der Waals surface area contributed by atoms with Crippen LogP contribution < -0.4 is 4.57 Å². The van der Waals surface area contributed by atoms with Crippen LogP contribution in [0.1, 0.15) is 173 Å². The fourth-order valence-corrected chi connectivity index (χ4v) is 6.39. The monoisotopic (exact) mass is 538 g/mol. The molecule has 0 saturated carbocycles. The van der Waals surface area contributed by atoms with E-state index in [1.54, 1.807) is 0 Å². The van der Waals surface area contributed by atoms with Crippen molar-refractivity contribution in [1.82, 2.24) is 4.98 Å². The molecular weight excluding hydrogens is 472 g/mol. The number of aromatic nitrogens is 2. The quantitative estimate of drug-likeness (QED) is 0.0863. The Kier molecular flexibility index (Phi) is 20.9. The highest BCUT2D eigenvalue weighted by molar-refractivity contribution is 5.15. The molecule has 0 amide bonds. The lowest BCUT2D eigenvalue weighted by Crippen LogP contribution is -2.42. The molecule has 2 heteroatoms. The minimum absolute atomic E-state index is 0.606. The van der Waals surface area contributed by atoms with Gasteiger partial charge in [0.05, 0.1) is 0 Å². The van der Waals surface area contributed by atoms with Crippen molar-refractivity contribution in [3.05, 3.63) is 54.6 Å². The van der Waals surface area contributed by atoms with E-state index >= 15 is 0 Å². The Hall–Kier alpha value is -1.57. The van der Waals surface area contributed by atoms with Gasteiger partial charge in [-0.05, 0) is 31.2 Å². The summed E-state index contributed by atoms with van der Waals surface area (Å²) in [5.41, 5.74) is 1.51. The predicted molar refractivity (Wildman–Crippen MR) is 171 cm³/mol. The van der Waals surface area contributed by atoms with Crippen molar-refractivity contribution in [2.45, 2.75) is 174 Å². The average Bonchev–Trinajstić information content (AvgIpc) is 3.49. The Balaban J connectivity index is 1.69. The second kappa shape index (κ2) is 24.2. The lowest BCUT2D eigenvalue weighted by atomic mass is 9.84. The Morgan fingerprint density at radius 2 is 1.03 bits per heavy atom. The van der Waals surface area contributed by atoms with Gasteiger partial charge in [-0.2, -0.15) is 0 Å². The van der Waals surface area contributed by atoms with Crippen LogP contribution in [0.2, 0.25) is 0 Å². The highest BCUT2D eigenvalue weighted by Gasteiger charge is 2.26. The Labute approximate surface area is 243 Å². The molecule has 0 saturated heterocycles. The van der Waals surface area contributed by atoms with Crippen LogP contribution in [0.3, 0.4) is 0 Å². The molecule has 1 N–H and O–H groups in total. The summed E-state index contributed by atoms with van der Waals surface area (Å²) in [7, 11) is 0. The van der Waals surface area contributed by atoms with Crippen LogP contribution in [-0.4, -0.2) is 4.98 Å². The van der Waals surface area contributed by atoms with Gasteiger partial charge in [0.2, 0.25) is 6.33 Å². The van der Waals surface area contributed by atoms with Gasteiger partial charge in [0.25, 0.3) is 0 Å². The molecule has 2 atom stereocenters. The van der Waals surface area contributed by atoms with Gasteiger partial charge >= 0.3 is 0 Å². The first-order valence-electron chi connectivity index (χ1n) is 17.4. The number of hydrogen-bond donors (Lipinski definition) is 1. The number of H-pyrrole nitrogens is 1. The minimum Gasteiger partial charge on any atom is -0.250 e. The fourth-order valence-electron chi connectivity index (χ4n) is 6.39. The van der Waals surface area contributed by atoms with Crippen molar-refractivity contribution in [2.75, 3.05) is 0 Å². The average molecular weight is 538 g/mol.